The number of para-hydroxylation sites is 1. The second kappa shape index (κ2) is 8.18. The molecule has 6 nitrogen and oxygen atoms in total. The van der Waals surface area contributed by atoms with Gasteiger partial charge in [-0.25, -0.2) is 0 Å². The van der Waals surface area contributed by atoms with E-state index in [0.717, 1.165) is 46.0 Å². The number of allylic oxidation sites excluding steroid dienone is 1. The lowest BCUT2D eigenvalue weighted by Crippen LogP contribution is -2.38. The molecule has 0 saturated carbocycles. The smallest absolute Gasteiger partial charge is 0.289 e. The molecule has 0 spiro atoms. The van der Waals surface area contributed by atoms with Gasteiger partial charge in [0.2, 0.25) is 0 Å². The maximum absolute atomic E-state index is 13.0. The number of aryl methyl sites for hydroxylation is 1. The van der Waals surface area contributed by atoms with Crippen LogP contribution in [0.2, 0.25) is 0 Å². The fraction of sp³-hybridized carbons (Fsp3) is 0.318. The zero-order valence-electron chi connectivity index (χ0n) is 16.1. The Morgan fingerprint density at radius 2 is 2.17 bits per heavy atom. The summed E-state index contributed by atoms with van der Waals surface area (Å²) < 4.78 is 5.83. The molecule has 148 valence electrons. The minimum absolute atomic E-state index is 0.0619. The molecule has 1 aromatic carbocycles. The number of hydrogen-bond donors (Lipinski definition) is 1. The number of benzene rings is 1. The van der Waals surface area contributed by atoms with Gasteiger partial charge in [-0.2, -0.15) is 0 Å². The normalized spacial score (nSPS) is 20.4. The first-order valence-corrected chi connectivity index (χ1v) is 10.3. The van der Waals surface area contributed by atoms with Gasteiger partial charge in [0.05, 0.1) is 4.91 Å². The zero-order chi connectivity index (χ0) is 20.4. The molecule has 0 aliphatic carbocycles. The minimum Gasteiger partial charge on any atom is -0.451 e. The number of nitrogens with zero attached hydrogens (tertiary/aromatic N) is 2. The topological polar surface area (TPSA) is 74.9 Å². The predicted octanol–water partition coefficient (Wildman–Crippen LogP) is 3.97. The van der Waals surface area contributed by atoms with Crippen LogP contribution in [0.1, 0.15) is 29.0 Å². The Kier molecular flexibility index (Phi) is 5.45. The summed E-state index contributed by atoms with van der Waals surface area (Å²) in [6, 6.07) is 7.70. The fourth-order valence-corrected chi connectivity index (χ4v) is 4.51. The highest BCUT2D eigenvalue weighted by Crippen LogP contribution is 2.31. The van der Waals surface area contributed by atoms with Crippen LogP contribution in [0.3, 0.4) is 0 Å². The highest BCUT2D eigenvalue weighted by Gasteiger charge is 2.29. The van der Waals surface area contributed by atoms with E-state index >= 15 is 0 Å². The number of carbonyl (C=O) groups is 2. The number of furan rings is 1. The molecule has 2 fully saturated rings. The van der Waals surface area contributed by atoms with Gasteiger partial charge in [0, 0.05) is 24.0 Å². The van der Waals surface area contributed by atoms with Gasteiger partial charge in [0.25, 0.3) is 11.1 Å². The van der Waals surface area contributed by atoms with Crippen LogP contribution in [-0.2, 0) is 0 Å². The van der Waals surface area contributed by atoms with Crippen molar-refractivity contribution in [2.45, 2.75) is 19.8 Å². The molecule has 2 aromatic rings. The van der Waals surface area contributed by atoms with Crippen LogP contribution in [0.15, 0.2) is 44.7 Å². The Labute approximate surface area is 173 Å². The van der Waals surface area contributed by atoms with E-state index in [-0.39, 0.29) is 23.6 Å². The van der Waals surface area contributed by atoms with Crippen molar-refractivity contribution in [3.05, 3.63) is 46.6 Å². The summed E-state index contributed by atoms with van der Waals surface area (Å²) in [5.74, 6) is 3.65. The summed E-state index contributed by atoms with van der Waals surface area (Å²) in [6.07, 6.45) is 8.98. The van der Waals surface area contributed by atoms with Gasteiger partial charge in [0.1, 0.15) is 18.0 Å². The minimum atomic E-state index is -0.139. The quantitative estimate of drug-likeness (QED) is 0.782. The number of aliphatic imine (C=N–C) groups is 1. The molecule has 2 saturated heterocycles. The number of amidine groups is 1. The van der Waals surface area contributed by atoms with Crippen molar-refractivity contribution >= 4 is 39.7 Å². The summed E-state index contributed by atoms with van der Waals surface area (Å²) in [5.41, 5.74) is 1.62. The van der Waals surface area contributed by atoms with Crippen molar-refractivity contribution in [3.63, 3.8) is 0 Å². The van der Waals surface area contributed by atoms with E-state index < -0.39 is 0 Å². The van der Waals surface area contributed by atoms with Gasteiger partial charge in [-0.3, -0.25) is 14.6 Å². The third-order valence-corrected chi connectivity index (χ3v) is 6.07. The lowest BCUT2D eigenvalue weighted by Gasteiger charge is -2.30. The van der Waals surface area contributed by atoms with E-state index in [4.69, 9.17) is 10.8 Å². The Morgan fingerprint density at radius 3 is 2.90 bits per heavy atom. The molecule has 7 heteroatoms. The molecular formula is C22H21N3O3S. The molecule has 0 bridgehead atoms. The van der Waals surface area contributed by atoms with Gasteiger partial charge < -0.3 is 14.6 Å². The first kappa shape index (κ1) is 19.3. The van der Waals surface area contributed by atoms with E-state index in [0.29, 0.717) is 24.7 Å². The van der Waals surface area contributed by atoms with Crippen molar-refractivity contribution in [2.24, 2.45) is 10.9 Å². The van der Waals surface area contributed by atoms with Gasteiger partial charge in [0.15, 0.2) is 5.76 Å². The molecule has 29 heavy (non-hydrogen) atoms. The molecule has 3 heterocycles. The predicted molar refractivity (Wildman–Crippen MR) is 115 cm³/mol. The summed E-state index contributed by atoms with van der Waals surface area (Å²) >= 11 is 1.14. The standard InChI is InChI=1S/C22H21N3O3S/c1-3-10-23-20-18(29-22(27)24-20)13-15-8-11-25(12-9-15)21(26)19-14(2)16-6-4-5-7-17(16)28-19/h1,4-7,13,15H,8-12H2,2H3,(H,23,24,27). The molecule has 0 radical (unpaired) electrons. The van der Waals surface area contributed by atoms with E-state index in [9.17, 15) is 9.59 Å². The summed E-state index contributed by atoms with van der Waals surface area (Å²) in [4.78, 5) is 31.6. The highest BCUT2D eigenvalue weighted by atomic mass is 32.2. The van der Waals surface area contributed by atoms with Gasteiger partial charge in [-0.1, -0.05) is 30.2 Å². The molecule has 0 unspecified atom stereocenters. The van der Waals surface area contributed by atoms with Crippen LogP contribution in [-0.4, -0.2) is 41.5 Å². The molecule has 2 aliphatic heterocycles. The molecule has 2 amide bonds. The Morgan fingerprint density at radius 1 is 1.41 bits per heavy atom. The average Bonchev–Trinajstić information content (AvgIpc) is 3.26. The number of likely N-dealkylation sites (tertiary alicyclic amines) is 1. The molecule has 0 atom stereocenters. The number of fused-ring (bicyclic) bond motifs is 1. The molecule has 1 aromatic heterocycles. The van der Waals surface area contributed by atoms with E-state index in [2.05, 4.69) is 22.3 Å². The van der Waals surface area contributed by atoms with Crippen LogP contribution in [0.25, 0.3) is 11.0 Å². The van der Waals surface area contributed by atoms with Crippen LogP contribution in [0.5, 0.6) is 0 Å². The number of thioether (sulfide) groups is 1. The van der Waals surface area contributed by atoms with Gasteiger partial charge in [-0.15, -0.1) is 6.42 Å². The maximum Gasteiger partial charge on any atom is 0.289 e. The van der Waals surface area contributed by atoms with Crippen LogP contribution < -0.4 is 5.32 Å². The second-order valence-electron chi connectivity index (χ2n) is 7.10. The van der Waals surface area contributed by atoms with Crippen LogP contribution >= 0.6 is 11.8 Å². The van der Waals surface area contributed by atoms with Gasteiger partial charge in [-0.05, 0) is 43.5 Å². The van der Waals surface area contributed by atoms with Crippen molar-refractivity contribution in [2.75, 3.05) is 19.6 Å². The van der Waals surface area contributed by atoms with E-state index in [1.165, 1.54) is 0 Å². The van der Waals surface area contributed by atoms with Crippen LogP contribution in [0, 0.1) is 25.2 Å². The summed E-state index contributed by atoms with van der Waals surface area (Å²) in [7, 11) is 0. The number of carbonyl (C=O) groups excluding carboxylic acids is 2. The largest absolute Gasteiger partial charge is 0.451 e. The summed E-state index contributed by atoms with van der Waals surface area (Å²) in [5, 5.41) is 3.57. The lowest BCUT2D eigenvalue weighted by molar-refractivity contribution is 0.0674. The third-order valence-electron chi connectivity index (χ3n) is 5.24. The lowest BCUT2D eigenvalue weighted by atomic mass is 9.96. The average molecular weight is 407 g/mol. The third kappa shape index (κ3) is 3.94. The first-order valence-electron chi connectivity index (χ1n) is 9.53. The molecule has 1 N–H and O–H groups in total. The van der Waals surface area contributed by atoms with E-state index in [1.54, 1.807) is 0 Å². The Hall–Kier alpha value is -2.98. The van der Waals surface area contributed by atoms with Crippen molar-refractivity contribution in [1.82, 2.24) is 10.2 Å². The molecular weight excluding hydrogens is 386 g/mol. The fourth-order valence-electron chi connectivity index (χ4n) is 3.69. The highest BCUT2D eigenvalue weighted by molar-refractivity contribution is 8.18. The molecule has 4 rings (SSSR count). The molecule has 2 aliphatic rings. The maximum atomic E-state index is 13.0. The van der Waals surface area contributed by atoms with Crippen molar-refractivity contribution < 1.29 is 14.0 Å². The SMILES string of the molecule is C#CCN=C1NC(=O)SC1=CC1CCN(C(=O)c2oc3ccccc3c2C)CC1. The number of hydrogen-bond acceptors (Lipinski definition) is 5. The number of rotatable bonds is 3. The van der Waals surface area contributed by atoms with Gasteiger partial charge >= 0.3 is 0 Å². The number of amides is 2. The number of piperidine rings is 1. The number of nitrogens with one attached hydrogen (secondary N) is 1. The zero-order valence-corrected chi connectivity index (χ0v) is 16.9. The van der Waals surface area contributed by atoms with Crippen molar-refractivity contribution in [3.8, 4) is 12.3 Å². The Balaban J connectivity index is 1.44. The van der Waals surface area contributed by atoms with Crippen molar-refractivity contribution in [1.29, 1.82) is 0 Å². The first-order chi connectivity index (χ1) is 14.1. The van der Waals surface area contributed by atoms with E-state index in [1.807, 2.05) is 36.1 Å². The Bertz CT molecular complexity index is 1070. The summed E-state index contributed by atoms with van der Waals surface area (Å²) in [6.45, 7) is 3.45. The van der Waals surface area contributed by atoms with Crippen LogP contribution in [0.4, 0.5) is 4.79 Å². The number of terminal acetylenes is 1. The second-order valence-corrected chi connectivity index (χ2v) is 8.11. The monoisotopic (exact) mass is 407 g/mol.